The topological polar surface area (TPSA) is 74.7 Å². The average molecular weight is 345 g/mol. The summed E-state index contributed by atoms with van der Waals surface area (Å²) in [5.41, 5.74) is 0. The Hall–Kier alpha value is -1.22. The van der Waals surface area contributed by atoms with E-state index in [0.717, 1.165) is 16.2 Å². The number of sulfonamides is 1. The maximum Gasteiger partial charge on any atom is 0.345 e. The number of hydrogen-bond acceptors (Lipinski definition) is 5. The minimum absolute atomic E-state index is 0.0400. The third-order valence-corrected chi connectivity index (χ3v) is 7.04. The van der Waals surface area contributed by atoms with Crippen molar-refractivity contribution in [2.24, 2.45) is 0 Å². The lowest BCUT2D eigenvalue weighted by Crippen LogP contribution is -2.30. The van der Waals surface area contributed by atoms with Gasteiger partial charge in [0.05, 0.1) is 4.90 Å². The van der Waals surface area contributed by atoms with Crippen molar-refractivity contribution < 1.29 is 18.3 Å². The molecule has 5 nitrogen and oxygen atoms in total. The molecule has 0 aliphatic heterocycles. The van der Waals surface area contributed by atoms with Gasteiger partial charge in [-0.2, -0.15) is 4.31 Å². The fourth-order valence-corrected chi connectivity index (χ4v) is 5.54. The molecule has 114 valence electrons. The summed E-state index contributed by atoms with van der Waals surface area (Å²) in [6, 6.07) is 5.00. The molecule has 0 saturated carbocycles. The van der Waals surface area contributed by atoms with Gasteiger partial charge in [-0.1, -0.05) is 13.0 Å². The van der Waals surface area contributed by atoms with E-state index in [1.54, 1.807) is 13.8 Å². The molecule has 0 aromatic carbocycles. The molecule has 21 heavy (non-hydrogen) atoms. The van der Waals surface area contributed by atoms with E-state index in [1.807, 2.05) is 17.5 Å². The maximum absolute atomic E-state index is 12.7. The zero-order chi connectivity index (χ0) is 15.6. The van der Waals surface area contributed by atoms with Gasteiger partial charge in [-0.05, 0) is 24.4 Å². The zero-order valence-electron chi connectivity index (χ0n) is 11.6. The Balaban J connectivity index is 2.37. The zero-order valence-corrected chi connectivity index (χ0v) is 14.0. The van der Waals surface area contributed by atoms with Crippen LogP contribution in [0.1, 0.15) is 26.3 Å². The SMILES string of the molecule is CCN(Cc1cccs1)S(=O)(=O)c1cc(C(=O)O)sc1C. The first kappa shape index (κ1) is 16.2. The molecule has 0 aliphatic rings. The van der Waals surface area contributed by atoms with Crippen LogP contribution in [0.3, 0.4) is 0 Å². The first-order valence-corrected chi connectivity index (χ1v) is 9.36. The fraction of sp³-hybridized carbons (Fsp3) is 0.308. The number of rotatable bonds is 6. The lowest BCUT2D eigenvalue weighted by atomic mass is 10.4. The highest BCUT2D eigenvalue weighted by Gasteiger charge is 2.28. The van der Waals surface area contributed by atoms with Gasteiger partial charge in [0, 0.05) is 22.8 Å². The van der Waals surface area contributed by atoms with Crippen LogP contribution in [0.2, 0.25) is 0 Å². The summed E-state index contributed by atoms with van der Waals surface area (Å²) >= 11 is 2.48. The van der Waals surface area contributed by atoms with Crippen LogP contribution in [0.5, 0.6) is 0 Å². The third-order valence-electron chi connectivity index (χ3n) is 2.97. The van der Waals surface area contributed by atoms with Gasteiger partial charge in [-0.3, -0.25) is 0 Å². The maximum atomic E-state index is 12.7. The van der Waals surface area contributed by atoms with Crippen molar-refractivity contribution in [2.75, 3.05) is 6.54 Å². The van der Waals surface area contributed by atoms with Gasteiger partial charge in [0.2, 0.25) is 10.0 Å². The smallest absolute Gasteiger partial charge is 0.345 e. The summed E-state index contributed by atoms with van der Waals surface area (Å²) in [5, 5.41) is 10.9. The molecule has 2 aromatic heterocycles. The molecule has 0 aliphatic carbocycles. The molecule has 0 radical (unpaired) electrons. The van der Waals surface area contributed by atoms with Crippen LogP contribution in [0, 0.1) is 6.92 Å². The number of thiophene rings is 2. The van der Waals surface area contributed by atoms with Crippen LogP contribution in [0.15, 0.2) is 28.5 Å². The van der Waals surface area contributed by atoms with Gasteiger partial charge in [0.1, 0.15) is 4.88 Å². The van der Waals surface area contributed by atoms with E-state index in [1.165, 1.54) is 21.7 Å². The number of hydrogen-bond donors (Lipinski definition) is 1. The number of carboxylic acid groups (broad SMARTS) is 1. The second-order valence-electron chi connectivity index (χ2n) is 4.35. The monoisotopic (exact) mass is 345 g/mol. The Morgan fingerprint density at radius 1 is 1.43 bits per heavy atom. The molecule has 0 saturated heterocycles. The minimum atomic E-state index is -3.68. The highest BCUT2D eigenvalue weighted by atomic mass is 32.2. The molecule has 1 N–H and O–H groups in total. The highest BCUT2D eigenvalue weighted by Crippen LogP contribution is 2.29. The Kier molecular flexibility index (Phi) is 4.82. The summed E-state index contributed by atoms with van der Waals surface area (Å²) in [4.78, 5) is 12.6. The van der Waals surface area contributed by atoms with Crippen molar-refractivity contribution in [1.82, 2.24) is 4.31 Å². The second kappa shape index (κ2) is 6.27. The highest BCUT2D eigenvalue weighted by molar-refractivity contribution is 7.89. The molecule has 0 bridgehead atoms. The fourth-order valence-electron chi connectivity index (χ4n) is 1.91. The third kappa shape index (κ3) is 3.34. The average Bonchev–Trinajstić information content (AvgIpc) is 3.04. The summed E-state index contributed by atoms with van der Waals surface area (Å²) < 4.78 is 26.7. The number of carboxylic acids is 1. The van der Waals surface area contributed by atoms with Crippen LogP contribution >= 0.6 is 22.7 Å². The van der Waals surface area contributed by atoms with Crippen molar-refractivity contribution in [3.63, 3.8) is 0 Å². The largest absolute Gasteiger partial charge is 0.477 e. The predicted molar refractivity (Wildman–Crippen MR) is 83.6 cm³/mol. The molecule has 0 fully saturated rings. The molecule has 0 atom stereocenters. The Morgan fingerprint density at radius 2 is 2.14 bits per heavy atom. The van der Waals surface area contributed by atoms with Crippen molar-refractivity contribution in [1.29, 1.82) is 0 Å². The Labute approximate surface area is 131 Å². The van der Waals surface area contributed by atoms with Crippen LogP contribution in [-0.2, 0) is 16.6 Å². The van der Waals surface area contributed by atoms with Crippen LogP contribution in [-0.4, -0.2) is 30.3 Å². The molecule has 0 spiro atoms. The molecular weight excluding hydrogens is 330 g/mol. The molecule has 8 heteroatoms. The van der Waals surface area contributed by atoms with Gasteiger partial charge in [0.15, 0.2) is 0 Å². The molecule has 2 aromatic rings. The van der Waals surface area contributed by atoms with Crippen molar-refractivity contribution >= 4 is 38.7 Å². The predicted octanol–water partition coefficient (Wildman–Crippen LogP) is 3.03. The minimum Gasteiger partial charge on any atom is -0.477 e. The van der Waals surface area contributed by atoms with Gasteiger partial charge in [0.25, 0.3) is 0 Å². The van der Waals surface area contributed by atoms with E-state index < -0.39 is 16.0 Å². The van der Waals surface area contributed by atoms with Crippen molar-refractivity contribution in [3.05, 3.63) is 38.2 Å². The van der Waals surface area contributed by atoms with Gasteiger partial charge >= 0.3 is 5.97 Å². The van der Waals surface area contributed by atoms with E-state index in [4.69, 9.17) is 5.11 Å². The number of carbonyl (C=O) groups is 1. The van der Waals surface area contributed by atoms with E-state index in [9.17, 15) is 13.2 Å². The number of aromatic carboxylic acids is 1. The Morgan fingerprint density at radius 3 is 2.62 bits per heavy atom. The summed E-state index contributed by atoms with van der Waals surface area (Å²) in [6.45, 7) is 4.03. The lowest BCUT2D eigenvalue weighted by Gasteiger charge is -2.19. The molecule has 0 amide bonds. The summed E-state index contributed by atoms with van der Waals surface area (Å²) in [6.07, 6.45) is 0. The second-order valence-corrected chi connectivity index (χ2v) is 8.54. The van der Waals surface area contributed by atoms with Crippen LogP contribution in [0.25, 0.3) is 0 Å². The van der Waals surface area contributed by atoms with Crippen molar-refractivity contribution in [2.45, 2.75) is 25.3 Å². The molecule has 0 unspecified atom stereocenters. The normalized spacial score (nSPS) is 12.0. The molecular formula is C13H15NO4S3. The lowest BCUT2D eigenvalue weighted by molar-refractivity contribution is 0.0702. The van der Waals surface area contributed by atoms with E-state index in [0.29, 0.717) is 18.0 Å². The van der Waals surface area contributed by atoms with E-state index in [-0.39, 0.29) is 9.77 Å². The first-order chi connectivity index (χ1) is 9.86. The van der Waals surface area contributed by atoms with Gasteiger partial charge in [-0.25, -0.2) is 13.2 Å². The number of nitrogens with zero attached hydrogens (tertiary/aromatic N) is 1. The summed E-state index contributed by atoms with van der Waals surface area (Å²) in [7, 11) is -3.68. The van der Waals surface area contributed by atoms with Gasteiger partial charge in [-0.15, -0.1) is 22.7 Å². The van der Waals surface area contributed by atoms with Crippen molar-refractivity contribution in [3.8, 4) is 0 Å². The Bertz CT molecular complexity index is 732. The first-order valence-electron chi connectivity index (χ1n) is 6.22. The van der Waals surface area contributed by atoms with Crippen LogP contribution in [0.4, 0.5) is 0 Å². The van der Waals surface area contributed by atoms with Crippen LogP contribution < -0.4 is 0 Å². The van der Waals surface area contributed by atoms with E-state index >= 15 is 0 Å². The molecule has 2 heterocycles. The standard InChI is InChI=1S/C13H15NO4S3/c1-3-14(8-10-5-4-6-19-10)21(17,18)12-7-11(13(15)16)20-9(12)2/h4-7H,3,8H2,1-2H3,(H,15,16). The van der Waals surface area contributed by atoms with E-state index in [2.05, 4.69) is 0 Å². The van der Waals surface area contributed by atoms with Gasteiger partial charge < -0.3 is 5.11 Å². The quantitative estimate of drug-likeness (QED) is 0.873. The number of aryl methyl sites for hydroxylation is 1. The molecule has 2 rings (SSSR count). The summed E-state index contributed by atoms with van der Waals surface area (Å²) in [5.74, 6) is -1.11.